The zero-order valence-corrected chi connectivity index (χ0v) is 22.5. The van der Waals surface area contributed by atoms with Gasteiger partial charge in [0.2, 0.25) is 5.88 Å². The summed E-state index contributed by atoms with van der Waals surface area (Å²) in [5.41, 5.74) is 7.84. The maximum atomic E-state index is 13.2. The minimum absolute atomic E-state index is 0.0268. The number of ether oxygens (including phenoxy) is 2. The van der Waals surface area contributed by atoms with Gasteiger partial charge in [0.1, 0.15) is 11.3 Å². The molecule has 13 heteroatoms. The second kappa shape index (κ2) is 11.7. The van der Waals surface area contributed by atoms with Gasteiger partial charge in [0.05, 0.1) is 24.8 Å². The Balaban J connectivity index is 1.45. The van der Waals surface area contributed by atoms with Crippen molar-refractivity contribution in [3.63, 3.8) is 0 Å². The molecular weight excluding hydrogens is 555 g/mol. The van der Waals surface area contributed by atoms with Gasteiger partial charge in [0.15, 0.2) is 5.69 Å². The summed E-state index contributed by atoms with van der Waals surface area (Å²) in [6.45, 7) is -0.240. The molecule has 1 aliphatic carbocycles. The van der Waals surface area contributed by atoms with Gasteiger partial charge < -0.3 is 25.6 Å². The van der Waals surface area contributed by atoms with Crippen LogP contribution in [-0.2, 0) is 6.54 Å². The summed E-state index contributed by atoms with van der Waals surface area (Å²) in [7, 11) is 1.35. The molecule has 1 saturated carbocycles. The third-order valence-electron chi connectivity index (χ3n) is 7.21. The Bertz CT molecular complexity index is 1630. The number of rotatable bonds is 8. The Hall–Kier alpha value is -4.65. The van der Waals surface area contributed by atoms with Crippen LogP contribution in [0.15, 0.2) is 54.7 Å². The molecule has 1 fully saturated rings. The van der Waals surface area contributed by atoms with Crippen molar-refractivity contribution in [1.82, 2.24) is 20.1 Å². The van der Waals surface area contributed by atoms with Gasteiger partial charge in [-0.3, -0.25) is 14.3 Å². The van der Waals surface area contributed by atoms with Crippen LogP contribution in [0.2, 0.25) is 0 Å². The molecule has 2 heterocycles. The number of nitrogens with one attached hydrogen (secondary N) is 1. The van der Waals surface area contributed by atoms with E-state index in [1.807, 2.05) is 6.07 Å². The Morgan fingerprint density at radius 1 is 1.10 bits per heavy atom. The van der Waals surface area contributed by atoms with E-state index in [9.17, 15) is 27.9 Å². The first kappa shape index (κ1) is 28.9. The molecule has 5 rings (SSSR count). The zero-order chi connectivity index (χ0) is 30.0. The molecule has 0 radical (unpaired) electrons. The number of nitrogens with zero attached hydrogens (tertiary/aromatic N) is 3. The normalized spacial score (nSPS) is 17.2. The molecule has 2 aromatic carbocycles. The number of alkyl halides is 3. The number of para-hydroxylation sites is 1. The molecule has 0 unspecified atom stereocenters. The number of pyridine rings is 1. The number of methoxy groups -OCH3 is 1. The van der Waals surface area contributed by atoms with E-state index in [0.29, 0.717) is 47.7 Å². The van der Waals surface area contributed by atoms with Crippen LogP contribution in [-0.4, -0.2) is 51.3 Å². The number of aliphatic hydroxyl groups is 1. The number of primary amides is 1. The van der Waals surface area contributed by atoms with Crippen LogP contribution in [0.4, 0.5) is 13.2 Å². The number of fused-ring (bicyclic) bond motifs is 1. The quantitative estimate of drug-likeness (QED) is 0.277. The highest BCUT2D eigenvalue weighted by Gasteiger charge is 2.32. The number of hydrogen-bond donors (Lipinski definition) is 3. The predicted molar refractivity (Wildman–Crippen MR) is 146 cm³/mol. The maximum Gasteiger partial charge on any atom is 0.573 e. The fourth-order valence-electron chi connectivity index (χ4n) is 5.16. The standard InChI is InChI=1S/C29H28F3N5O5/c1-41-28-22(27(40)34-14-17-4-2-3-5-24(17)42-29(30,31)32)12-18(15-35-28)16-6-11-21-23(13-16)37(36-25(21)26(33)39)19-7-9-20(38)10-8-19/h2-6,11-13,15,19-20,38H,7-10,14H2,1H3,(H2,33,39)(H,34,40). The van der Waals surface area contributed by atoms with E-state index in [1.54, 1.807) is 22.9 Å². The fourth-order valence-corrected chi connectivity index (χ4v) is 5.16. The van der Waals surface area contributed by atoms with Crippen molar-refractivity contribution in [3.8, 4) is 22.8 Å². The summed E-state index contributed by atoms with van der Waals surface area (Å²) in [5, 5.41) is 17.6. The van der Waals surface area contributed by atoms with Crippen LogP contribution < -0.4 is 20.5 Å². The third-order valence-corrected chi connectivity index (χ3v) is 7.21. The fraction of sp³-hybridized carbons (Fsp3) is 0.310. The molecule has 220 valence electrons. The number of aliphatic hydroxyl groups excluding tert-OH is 1. The number of benzene rings is 2. The summed E-state index contributed by atoms with van der Waals surface area (Å²) in [4.78, 5) is 29.6. The number of carbonyl (C=O) groups is 2. The van der Waals surface area contributed by atoms with Crippen molar-refractivity contribution in [2.45, 2.75) is 50.7 Å². The van der Waals surface area contributed by atoms with E-state index in [2.05, 4.69) is 20.1 Å². The average Bonchev–Trinajstić information content (AvgIpc) is 3.35. The molecule has 0 saturated heterocycles. The summed E-state index contributed by atoms with van der Waals surface area (Å²) in [6.07, 6.45) is -1.12. The molecule has 2 amide bonds. The smallest absolute Gasteiger partial charge is 0.480 e. The molecule has 2 aromatic heterocycles. The molecule has 0 spiro atoms. The zero-order valence-electron chi connectivity index (χ0n) is 22.5. The van der Waals surface area contributed by atoms with Crippen molar-refractivity contribution in [2.75, 3.05) is 7.11 Å². The summed E-state index contributed by atoms with van der Waals surface area (Å²) in [6, 6.07) is 12.4. The SMILES string of the molecule is COc1ncc(-c2ccc3c(C(N)=O)nn(C4CCC(O)CC4)c3c2)cc1C(=O)NCc1ccccc1OC(F)(F)F. The largest absolute Gasteiger partial charge is 0.573 e. The lowest BCUT2D eigenvalue weighted by Gasteiger charge is -2.26. The van der Waals surface area contributed by atoms with Crippen LogP contribution >= 0.6 is 0 Å². The van der Waals surface area contributed by atoms with Crippen LogP contribution in [0, 0.1) is 0 Å². The molecule has 4 aromatic rings. The average molecular weight is 584 g/mol. The second-order valence-corrected chi connectivity index (χ2v) is 9.97. The topological polar surface area (TPSA) is 142 Å². The highest BCUT2D eigenvalue weighted by atomic mass is 19.4. The highest BCUT2D eigenvalue weighted by Crippen LogP contribution is 2.34. The lowest BCUT2D eigenvalue weighted by atomic mass is 9.93. The van der Waals surface area contributed by atoms with Crippen molar-refractivity contribution in [1.29, 1.82) is 0 Å². The van der Waals surface area contributed by atoms with Gasteiger partial charge in [-0.1, -0.05) is 24.3 Å². The van der Waals surface area contributed by atoms with E-state index in [-0.39, 0.29) is 41.4 Å². The molecule has 0 bridgehead atoms. The van der Waals surface area contributed by atoms with Crippen LogP contribution in [0.5, 0.6) is 11.6 Å². The van der Waals surface area contributed by atoms with Crippen LogP contribution in [0.25, 0.3) is 22.0 Å². The number of carbonyl (C=O) groups excluding carboxylic acids is 2. The van der Waals surface area contributed by atoms with E-state index >= 15 is 0 Å². The van der Waals surface area contributed by atoms with Gasteiger partial charge in [-0.05, 0) is 55.5 Å². The number of halogens is 3. The maximum absolute atomic E-state index is 13.2. The summed E-state index contributed by atoms with van der Waals surface area (Å²) < 4.78 is 49.5. The van der Waals surface area contributed by atoms with Crippen molar-refractivity contribution in [2.24, 2.45) is 5.73 Å². The van der Waals surface area contributed by atoms with E-state index in [0.717, 1.165) is 6.07 Å². The van der Waals surface area contributed by atoms with Crippen molar-refractivity contribution in [3.05, 3.63) is 71.5 Å². The Labute approximate surface area is 238 Å². The monoisotopic (exact) mass is 583 g/mol. The summed E-state index contributed by atoms with van der Waals surface area (Å²) >= 11 is 0. The predicted octanol–water partition coefficient (Wildman–Crippen LogP) is 4.51. The minimum Gasteiger partial charge on any atom is -0.480 e. The first-order chi connectivity index (χ1) is 20.0. The van der Waals surface area contributed by atoms with Crippen molar-refractivity contribution >= 4 is 22.7 Å². The minimum atomic E-state index is -4.88. The molecule has 0 aliphatic heterocycles. The van der Waals surface area contributed by atoms with Gasteiger partial charge >= 0.3 is 6.36 Å². The third kappa shape index (κ3) is 6.15. The van der Waals surface area contributed by atoms with Gasteiger partial charge in [-0.15, -0.1) is 13.2 Å². The van der Waals surface area contributed by atoms with E-state index in [1.165, 1.54) is 31.5 Å². The van der Waals surface area contributed by atoms with Gasteiger partial charge in [0, 0.05) is 29.3 Å². The lowest BCUT2D eigenvalue weighted by Crippen LogP contribution is -2.25. The molecule has 10 nitrogen and oxygen atoms in total. The lowest BCUT2D eigenvalue weighted by molar-refractivity contribution is -0.274. The summed E-state index contributed by atoms with van der Waals surface area (Å²) in [5.74, 6) is -1.67. The Morgan fingerprint density at radius 2 is 1.83 bits per heavy atom. The molecule has 0 atom stereocenters. The first-order valence-electron chi connectivity index (χ1n) is 13.2. The molecule has 42 heavy (non-hydrogen) atoms. The Morgan fingerprint density at radius 3 is 2.52 bits per heavy atom. The first-order valence-corrected chi connectivity index (χ1v) is 13.2. The van der Waals surface area contributed by atoms with E-state index in [4.69, 9.17) is 10.5 Å². The highest BCUT2D eigenvalue weighted by molar-refractivity contribution is 6.05. The molecule has 4 N–H and O–H groups in total. The number of aromatic nitrogens is 3. The molecular formula is C29H28F3N5O5. The van der Waals surface area contributed by atoms with Crippen molar-refractivity contribution < 1.29 is 37.3 Å². The van der Waals surface area contributed by atoms with Gasteiger partial charge in [-0.2, -0.15) is 5.10 Å². The second-order valence-electron chi connectivity index (χ2n) is 9.97. The van der Waals surface area contributed by atoms with Gasteiger partial charge in [-0.25, -0.2) is 4.98 Å². The van der Waals surface area contributed by atoms with Gasteiger partial charge in [0.25, 0.3) is 11.8 Å². The molecule has 1 aliphatic rings. The van der Waals surface area contributed by atoms with E-state index < -0.39 is 23.9 Å². The van der Waals surface area contributed by atoms with Crippen LogP contribution in [0.3, 0.4) is 0 Å². The number of amides is 2. The number of hydrogen-bond acceptors (Lipinski definition) is 7. The Kier molecular flexibility index (Phi) is 8.03. The van der Waals surface area contributed by atoms with Crippen LogP contribution in [0.1, 0.15) is 58.1 Å². The number of nitrogens with two attached hydrogens (primary N) is 1.